The number of rotatable bonds is 0. The number of fused-ring (bicyclic) bond motifs is 1. The Kier molecular flexibility index (Phi) is 1.68. The van der Waals surface area contributed by atoms with E-state index >= 15 is 0 Å². The van der Waals surface area contributed by atoms with Gasteiger partial charge in [0.15, 0.2) is 0 Å². The molecule has 1 aliphatic heterocycles. The highest BCUT2D eigenvalue weighted by molar-refractivity contribution is 5.82. The molecule has 64 valence electrons. The molecule has 0 N–H and O–H groups in total. The van der Waals surface area contributed by atoms with Crippen LogP contribution >= 0.6 is 0 Å². The zero-order valence-corrected chi connectivity index (χ0v) is 7.62. The topological polar surface area (TPSA) is 6.25 Å². The summed E-state index contributed by atoms with van der Waals surface area (Å²) < 4.78 is 2.09. The summed E-state index contributed by atoms with van der Waals surface area (Å²) in [4.78, 5) is 2.17. The lowest BCUT2D eigenvalue weighted by atomic mass is 10.0. The number of nitrogens with zero attached hydrogens (tertiary/aromatic N) is 2. The van der Waals surface area contributed by atoms with Gasteiger partial charge >= 0.3 is 0 Å². The first kappa shape index (κ1) is 7.47. The summed E-state index contributed by atoms with van der Waals surface area (Å²) in [5.74, 6) is 0. The van der Waals surface area contributed by atoms with E-state index in [1.807, 2.05) is 0 Å². The molecule has 1 heterocycles. The lowest BCUT2D eigenvalue weighted by molar-refractivity contribution is -0.469. The molecule has 0 unspecified atom stereocenters. The van der Waals surface area contributed by atoms with Gasteiger partial charge < -0.3 is 9.48 Å². The van der Waals surface area contributed by atoms with Gasteiger partial charge in [-0.15, -0.1) is 0 Å². The largest absolute Gasteiger partial charge is 0.378 e. The molecule has 2 aliphatic rings. The second kappa shape index (κ2) is 2.70. The van der Waals surface area contributed by atoms with Crippen molar-refractivity contribution in [3.05, 3.63) is 30.1 Å². The van der Waals surface area contributed by atoms with E-state index in [-0.39, 0.29) is 0 Å². The van der Waals surface area contributed by atoms with Crippen molar-refractivity contribution in [2.45, 2.75) is 12.8 Å². The van der Waals surface area contributed by atoms with Crippen LogP contribution in [0.15, 0.2) is 23.4 Å². The van der Waals surface area contributed by atoms with Gasteiger partial charge in [0.25, 0.3) is 0 Å². The molecule has 0 atom stereocenters. The SMILES string of the molecule is CN1[CH-][N+](C)=CC2=CCCC=C21. The van der Waals surface area contributed by atoms with E-state index in [1.54, 1.807) is 0 Å². The van der Waals surface area contributed by atoms with Crippen LogP contribution in [0.4, 0.5) is 0 Å². The van der Waals surface area contributed by atoms with Crippen LogP contribution in [0.2, 0.25) is 0 Å². The summed E-state index contributed by atoms with van der Waals surface area (Å²) in [7, 11) is 4.15. The number of hydrogen-bond acceptors (Lipinski definition) is 1. The molecular formula is C10H14N2. The van der Waals surface area contributed by atoms with Gasteiger partial charge in [-0.25, -0.2) is 0 Å². The van der Waals surface area contributed by atoms with Crippen molar-refractivity contribution in [2.75, 3.05) is 14.1 Å². The summed E-state index contributed by atoms with van der Waals surface area (Å²) in [6.07, 6.45) is 9.13. The molecule has 2 nitrogen and oxygen atoms in total. The molecule has 0 aromatic rings. The van der Waals surface area contributed by atoms with Crippen LogP contribution in [0, 0.1) is 6.67 Å². The normalized spacial score (nSPS) is 21.8. The maximum absolute atomic E-state index is 2.30. The van der Waals surface area contributed by atoms with Crippen LogP contribution in [0.3, 0.4) is 0 Å². The van der Waals surface area contributed by atoms with E-state index in [0.717, 1.165) is 0 Å². The molecule has 0 saturated heterocycles. The van der Waals surface area contributed by atoms with E-state index < -0.39 is 0 Å². The third kappa shape index (κ3) is 1.13. The highest BCUT2D eigenvalue weighted by atomic mass is 15.3. The Balaban J connectivity index is 2.38. The molecule has 2 heteroatoms. The van der Waals surface area contributed by atoms with Gasteiger partial charge in [-0.1, -0.05) is 12.2 Å². The first-order valence-electron chi connectivity index (χ1n) is 4.33. The van der Waals surface area contributed by atoms with Crippen molar-refractivity contribution in [1.29, 1.82) is 0 Å². The van der Waals surface area contributed by atoms with Crippen LogP contribution in [0.5, 0.6) is 0 Å². The van der Waals surface area contributed by atoms with Crippen molar-refractivity contribution in [1.82, 2.24) is 4.90 Å². The minimum absolute atomic E-state index is 1.18. The van der Waals surface area contributed by atoms with E-state index in [4.69, 9.17) is 0 Å². The average molecular weight is 162 g/mol. The Morgan fingerprint density at radius 1 is 1.42 bits per heavy atom. The molecule has 0 saturated carbocycles. The molecule has 0 aromatic heterocycles. The van der Waals surface area contributed by atoms with Crippen molar-refractivity contribution in [3.8, 4) is 0 Å². The zero-order chi connectivity index (χ0) is 8.55. The third-order valence-electron chi connectivity index (χ3n) is 2.24. The minimum atomic E-state index is 1.18. The maximum atomic E-state index is 2.30. The fraction of sp³-hybridized carbons (Fsp3) is 0.400. The lowest BCUT2D eigenvalue weighted by Gasteiger charge is -2.32. The van der Waals surface area contributed by atoms with Gasteiger partial charge in [0.05, 0.1) is 6.67 Å². The number of likely N-dealkylation sites (N-methyl/N-ethyl adjacent to an activating group) is 1. The summed E-state index contributed by atoms with van der Waals surface area (Å²) in [6.45, 7) is 2.09. The molecule has 0 radical (unpaired) electrons. The van der Waals surface area contributed by atoms with Crippen LogP contribution in [-0.2, 0) is 0 Å². The number of allylic oxidation sites excluding steroid dienone is 3. The summed E-state index contributed by atoms with van der Waals surface area (Å²) in [6, 6.07) is 0. The highest BCUT2D eigenvalue weighted by Gasteiger charge is 2.14. The quantitative estimate of drug-likeness (QED) is 0.385. The van der Waals surface area contributed by atoms with Gasteiger partial charge in [-0.2, -0.15) is 0 Å². The average Bonchev–Trinajstić information content (AvgIpc) is 2.04. The van der Waals surface area contributed by atoms with E-state index in [2.05, 4.69) is 48.6 Å². The second-order valence-electron chi connectivity index (χ2n) is 3.35. The Hall–Kier alpha value is -1.18. The molecule has 0 aromatic carbocycles. The second-order valence-corrected chi connectivity index (χ2v) is 3.35. The van der Waals surface area contributed by atoms with Crippen molar-refractivity contribution < 1.29 is 4.58 Å². The third-order valence-corrected chi connectivity index (χ3v) is 2.24. The van der Waals surface area contributed by atoms with Crippen molar-refractivity contribution in [2.24, 2.45) is 0 Å². The van der Waals surface area contributed by atoms with Gasteiger partial charge in [-0.05, 0) is 25.5 Å². The van der Waals surface area contributed by atoms with Gasteiger partial charge in [0.1, 0.15) is 7.05 Å². The first-order valence-corrected chi connectivity index (χ1v) is 4.33. The molecule has 0 bridgehead atoms. The summed E-state index contributed by atoms with van der Waals surface area (Å²) >= 11 is 0. The zero-order valence-electron chi connectivity index (χ0n) is 7.62. The monoisotopic (exact) mass is 162 g/mol. The Morgan fingerprint density at radius 2 is 2.17 bits per heavy atom. The van der Waals surface area contributed by atoms with Gasteiger partial charge in [0.2, 0.25) is 0 Å². The molecule has 0 spiro atoms. The molecule has 2 rings (SSSR count). The fourth-order valence-electron chi connectivity index (χ4n) is 1.74. The highest BCUT2D eigenvalue weighted by Crippen LogP contribution is 2.23. The smallest absolute Gasteiger partial charge is 0.106 e. The van der Waals surface area contributed by atoms with Crippen LogP contribution in [-0.4, -0.2) is 29.8 Å². The standard InChI is InChI=1S/C10H14N2/c1-11-7-9-5-3-4-6-10(9)12(2)8-11/h5-8H,3-4H2,1-2H3. The maximum Gasteiger partial charge on any atom is 0.106 e. The van der Waals surface area contributed by atoms with Crippen LogP contribution in [0.25, 0.3) is 0 Å². The Bertz CT molecular complexity index is 284. The van der Waals surface area contributed by atoms with E-state index in [0.29, 0.717) is 0 Å². The molecule has 1 aliphatic carbocycles. The van der Waals surface area contributed by atoms with E-state index in [1.165, 1.54) is 24.1 Å². The lowest BCUT2D eigenvalue weighted by Crippen LogP contribution is -2.29. The van der Waals surface area contributed by atoms with Gasteiger partial charge in [0, 0.05) is 11.9 Å². The Morgan fingerprint density at radius 3 is 3.00 bits per heavy atom. The first-order chi connectivity index (χ1) is 5.77. The van der Waals surface area contributed by atoms with Gasteiger partial charge in [-0.3, -0.25) is 0 Å². The molecule has 12 heavy (non-hydrogen) atoms. The van der Waals surface area contributed by atoms with E-state index in [9.17, 15) is 0 Å². The Labute approximate surface area is 73.5 Å². The minimum Gasteiger partial charge on any atom is -0.378 e. The van der Waals surface area contributed by atoms with Crippen molar-refractivity contribution in [3.63, 3.8) is 0 Å². The number of hydrogen-bond donors (Lipinski definition) is 0. The fourth-order valence-corrected chi connectivity index (χ4v) is 1.74. The molecular weight excluding hydrogens is 148 g/mol. The van der Waals surface area contributed by atoms with Crippen molar-refractivity contribution >= 4 is 6.21 Å². The predicted molar refractivity (Wildman–Crippen MR) is 49.7 cm³/mol. The summed E-state index contributed by atoms with van der Waals surface area (Å²) in [5, 5.41) is 0. The predicted octanol–water partition coefficient (Wildman–Crippen LogP) is 1.37. The van der Waals surface area contributed by atoms with Crippen LogP contribution < -0.4 is 0 Å². The molecule has 0 fully saturated rings. The van der Waals surface area contributed by atoms with Crippen LogP contribution in [0.1, 0.15) is 12.8 Å². The molecule has 0 amide bonds. The summed E-state index contributed by atoms with van der Waals surface area (Å²) in [5.41, 5.74) is 2.70.